The normalized spacial score (nSPS) is 22.7. The van der Waals surface area contributed by atoms with Crippen molar-refractivity contribution >= 4 is 51.9 Å². The molecule has 5 rings (SSSR count). The van der Waals surface area contributed by atoms with Crippen molar-refractivity contribution in [3.05, 3.63) is 99.5 Å². The van der Waals surface area contributed by atoms with Gasteiger partial charge in [-0.1, -0.05) is 71.8 Å². The number of rotatable bonds is 3. The van der Waals surface area contributed by atoms with Crippen molar-refractivity contribution in [2.75, 3.05) is 4.90 Å². The van der Waals surface area contributed by atoms with Crippen LogP contribution in [0.25, 0.3) is 0 Å². The number of carbonyl (C=O) groups excluding carboxylic acids is 1. The van der Waals surface area contributed by atoms with Crippen LogP contribution in [0.1, 0.15) is 39.9 Å². The molecule has 3 aromatic carbocycles. The fourth-order valence-electron chi connectivity index (χ4n) is 4.91. The van der Waals surface area contributed by atoms with Crippen molar-refractivity contribution in [2.45, 2.75) is 18.4 Å². The molecule has 0 amide bonds. The van der Waals surface area contributed by atoms with Gasteiger partial charge in [-0.15, -0.1) is 0 Å². The van der Waals surface area contributed by atoms with Gasteiger partial charge in [0.05, 0.1) is 23.0 Å². The van der Waals surface area contributed by atoms with Gasteiger partial charge in [0.15, 0.2) is 5.78 Å². The maximum absolute atomic E-state index is 14.0. The average molecular weight is 463 g/mol. The predicted octanol–water partition coefficient (Wildman–Crippen LogP) is 6.76. The van der Waals surface area contributed by atoms with Gasteiger partial charge >= 0.3 is 0 Å². The molecule has 0 radical (unpaired) electrons. The summed E-state index contributed by atoms with van der Waals surface area (Å²) in [6, 6.07) is 24.4. The lowest BCUT2D eigenvalue weighted by Crippen LogP contribution is -2.43. The van der Waals surface area contributed by atoms with Crippen molar-refractivity contribution < 1.29 is 4.79 Å². The lowest BCUT2D eigenvalue weighted by Gasteiger charge is -2.34. The van der Waals surface area contributed by atoms with Crippen LogP contribution in [-0.2, 0) is 0 Å². The Balaban J connectivity index is 1.74. The highest BCUT2D eigenvalue weighted by Gasteiger charge is 2.62. The highest BCUT2D eigenvalue weighted by Crippen LogP contribution is 2.59. The molecule has 1 fully saturated rings. The van der Waals surface area contributed by atoms with E-state index in [0.29, 0.717) is 27.0 Å². The Kier molecular flexibility index (Phi) is 4.86. The number of benzene rings is 3. The molecule has 0 aromatic heterocycles. The third kappa shape index (κ3) is 2.92. The molecule has 1 unspecified atom stereocenters. The number of hydrogen-bond donors (Lipinski definition) is 0. The number of anilines is 1. The Morgan fingerprint density at radius 1 is 1.00 bits per heavy atom. The molecular formula is C25H16Cl2N2OS. The Labute approximate surface area is 195 Å². The van der Waals surface area contributed by atoms with Crippen LogP contribution in [-0.4, -0.2) is 10.8 Å². The molecule has 2 aliphatic rings. The van der Waals surface area contributed by atoms with Crippen LogP contribution in [0.2, 0.25) is 10.0 Å². The quantitative estimate of drug-likeness (QED) is 0.403. The first-order valence-electron chi connectivity index (χ1n) is 9.85. The van der Waals surface area contributed by atoms with Crippen LogP contribution in [0, 0.1) is 16.7 Å². The molecule has 152 valence electrons. The van der Waals surface area contributed by atoms with Crippen LogP contribution in [0.15, 0.2) is 72.8 Å². The first kappa shape index (κ1) is 20.2. The lowest BCUT2D eigenvalue weighted by atomic mass is 9.63. The maximum atomic E-state index is 14.0. The molecular weight excluding hydrogens is 447 g/mol. The molecule has 6 heteroatoms. The molecule has 1 heterocycles. The summed E-state index contributed by atoms with van der Waals surface area (Å²) >= 11 is 18.2. The summed E-state index contributed by atoms with van der Waals surface area (Å²) < 4.78 is 0. The van der Waals surface area contributed by atoms with E-state index < -0.39 is 11.3 Å². The summed E-state index contributed by atoms with van der Waals surface area (Å²) in [4.78, 5) is 16.5. The van der Waals surface area contributed by atoms with E-state index >= 15 is 0 Å². The van der Waals surface area contributed by atoms with Crippen LogP contribution >= 0.6 is 35.4 Å². The van der Waals surface area contributed by atoms with Crippen molar-refractivity contribution in [3.8, 4) is 6.07 Å². The van der Waals surface area contributed by atoms with Crippen molar-refractivity contribution in [3.63, 3.8) is 0 Å². The minimum absolute atomic E-state index is 0.0951. The van der Waals surface area contributed by atoms with E-state index in [0.717, 1.165) is 16.8 Å². The third-order valence-electron chi connectivity index (χ3n) is 6.33. The number of fused-ring (bicyclic) bond motifs is 4. The average Bonchev–Trinajstić information content (AvgIpc) is 3.06. The molecule has 3 atom stereocenters. The Bertz CT molecular complexity index is 1250. The summed E-state index contributed by atoms with van der Waals surface area (Å²) in [5, 5.41) is 11.5. The Morgan fingerprint density at radius 3 is 2.26 bits per heavy atom. The second-order valence-corrected chi connectivity index (χ2v) is 9.13. The minimum atomic E-state index is -1.13. The number of nitrogens with zero attached hydrogens (tertiary/aromatic N) is 2. The topological polar surface area (TPSA) is 44.1 Å². The van der Waals surface area contributed by atoms with Crippen LogP contribution < -0.4 is 4.90 Å². The van der Waals surface area contributed by atoms with Gasteiger partial charge in [-0.25, -0.2) is 0 Å². The largest absolute Gasteiger partial charge is 0.328 e. The summed E-state index contributed by atoms with van der Waals surface area (Å²) in [5.41, 5.74) is 2.03. The standard InChI is InChI=1S/C25H16Cl2N2OS/c26-16-7-5-15(6-8-16)21(14-28)25-13-22(19-3-1-2-4-20(19)23(25)30)29(24(25)31)18-11-9-17(27)10-12-18/h1-12,21-22H,13H2/t21?,22-,25-/m0/s1. The third-order valence-corrected chi connectivity index (χ3v) is 7.39. The molecule has 1 aliphatic heterocycles. The summed E-state index contributed by atoms with van der Waals surface area (Å²) in [6.45, 7) is 0. The highest BCUT2D eigenvalue weighted by molar-refractivity contribution is 7.80. The number of halogens is 2. The molecule has 0 spiro atoms. The molecule has 0 saturated carbocycles. The van der Waals surface area contributed by atoms with E-state index in [9.17, 15) is 10.1 Å². The maximum Gasteiger partial charge on any atom is 0.177 e. The molecule has 3 aromatic rings. The van der Waals surface area contributed by atoms with E-state index in [1.54, 1.807) is 24.3 Å². The van der Waals surface area contributed by atoms with Crippen LogP contribution in [0.5, 0.6) is 0 Å². The van der Waals surface area contributed by atoms with Crippen molar-refractivity contribution in [2.24, 2.45) is 5.41 Å². The molecule has 1 aliphatic carbocycles. The highest BCUT2D eigenvalue weighted by atomic mass is 35.5. The number of carbonyl (C=O) groups is 1. The number of hydrogen-bond acceptors (Lipinski definition) is 3. The van der Waals surface area contributed by atoms with Gasteiger partial charge in [0.25, 0.3) is 0 Å². The van der Waals surface area contributed by atoms with Gasteiger partial charge in [-0.2, -0.15) is 5.26 Å². The number of nitriles is 1. The van der Waals surface area contributed by atoms with E-state index in [-0.39, 0.29) is 11.8 Å². The SMILES string of the molecule is N#CC(c1ccc(Cl)cc1)[C@@]12C[C@@H](c3ccccc3C1=O)N(c1ccc(Cl)cc1)C2=S. The number of Topliss-reactive ketones (excluding diaryl/α,β-unsaturated/α-hetero) is 1. The smallest absolute Gasteiger partial charge is 0.177 e. The Morgan fingerprint density at radius 2 is 1.61 bits per heavy atom. The summed E-state index contributed by atoms with van der Waals surface area (Å²) in [6.07, 6.45) is 0.450. The molecule has 2 bridgehead atoms. The van der Waals surface area contributed by atoms with E-state index in [4.69, 9.17) is 35.4 Å². The monoisotopic (exact) mass is 462 g/mol. The molecule has 1 saturated heterocycles. The number of ketones is 1. The van der Waals surface area contributed by atoms with Gasteiger partial charge in [0.1, 0.15) is 5.41 Å². The fraction of sp³-hybridized carbons (Fsp3) is 0.160. The van der Waals surface area contributed by atoms with Crippen LogP contribution in [0.4, 0.5) is 5.69 Å². The van der Waals surface area contributed by atoms with Gasteiger partial charge in [-0.05, 0) is 53.9 Å². The van der Waals surface area contributed by atoms with Crippen molar-refractivity contribution in [1.29, 1.82) is 5.26 Å². The zero-order valence-electron chi connectivity index (χ0n) is 16.3. The zero-order chi connectivity index (χ0) is 21.8. The van der Waals surface area contributed by atoms with E-state index in [2.05, 4.69) is 6.07 Å². The summed E-state index contributed by atoms with van der Waals surface area (Å²) in [7, 11) is 0. The fourth-order valence-corrected chi connectivity index (χ4v) is 5.69. The minimum Gasteiger partial charge on any atom is -0.328 e. The second-order valence-electron chi connectivity index (χ2n) is 7.87. The zero-order valence-corrected chi connectivity index (χ0v) is 18.6. The Hall–Kier alpha value is -2.71. The first-order chi connectivity index (χ1) is 15.0. The molecule has 31 heavy (non-hydrogen) atoms. The second kappa shape index (κ2) is 7.46. The van der Waals surface area contributed by atoms with Gasteiger partial charge in [0, 0.05) is 21.3 Å². The predicted molar refractivity (Wildman–Crippen MR) is 127 cm³/mol. The molecule has 3 nitrogen and oxygen atoms in total. The van der Waals surface area contributed by atoms with Gasteiger partial charge in [-0.3, -0.25) is 4.79 Å². The van der Waals surface area contributed by atoms with E-state index in [1.807, 2.05) is 53.4 Å². The van der Waals surface area contributed by atoms with Crippen molar-refractivity contribution in [1.82, 2.24) is 0 Å². The number of thiocarbonyl (C=S) groups is 1. The summed E-state index contributed by atoms with van der Waals surface area (Å²) in [5.74, 6) is -0.819. The molecule has 0 N–H and O–H groups in total. The first-order valence-corrected chi connectivity index (χ1v) is 11.0. The van der Waals surface area contributed by atoms with Gasteiger partial charge < -0.3 is 4.90 Å². The lowest BCUT2D eigenvalue weighted by molar-refractivity contribution is 0.0843. The van der Waals surface area contributed by atoms with E-state index in [1.165, 1.54) is 0 Å². The van der Waals surface area contributed by atoms with Crippen LogP contribution in [0.3, 0.4) is 0 Å². The van der Waals surface area contributed by atoms with Gasteiger partial charge in [0.2, 0.25) is 0 Å².